The number of benzene rings is 1. The Morgan fingerprint density at radius 2 is 1.95 bits per heavy atom. The van der Waals surface area contributed by atoms with Crippen LogP contribution in [0.3, 0.4) is 0 Å². The second-order valence-electron chi connectivity index (χ2n) is 4.76. The van der Waals surface area contributed by atoms with Gasteiger partial charge in [0.1, 0.15) is 0 Å². The van der Waals surface area contributed by atoms with E-state index >= 15 is 0 Å². The molecule has 1 aromatic carbocycles. The fourth-order valence-electron chi connectivity index (χ4n) is 2.17. The van der Waals surface area contributed by atoms with Crippen LogP contribution in [0.2, 0.25) is 5.02 Å². The van der Waals surface area contributed by atoms with Crippen molar-refractivity contribution in [3.8, 4) is 0 Å². The van der Waals surface area contributed by atoms with Crippen molar-refractivity contribution in [1.82, 2.24) is 15.3 Å². The smallest absolute Gasteiger partial charge is 0.292 e. The van der Waals surface area contributed by atoms with Gasteiger partial charge in [0, 0.05) is 41.1 Å². The SMILES string of the molecule is O=C(NCc1ccncc1)C(=O)c1c[nH]c2cc(Cl)ccc12. The normalized spacial score (nSPS) is 10.6. The first-order chi connectivity index (χ1) is 10.6. The standard InChI is InChI=1S/C16H12ClN3O2/c17-11-1-2-12-13(9-19-14(12)7-11)15(21)16(22)20-8-10-3-5-18-6-4-10/h1-7,9,19H,8H2,(H,20,22). The van der Waals surface area contributed by atoms with Gasteiger partial charge in [-0.15, -0.1) is 0 Å². The van der Waals surface area contributed by atoms with Crippen LogP contribution < -0.4 is 5.32 Å². The topological polar surface area (TPSA) is 74.8 Å². The molecule has 110 valence electrons. The molecule has 0 aliphatic carbocycles. The summed E-state index contributed by atoms with van der Waals surface area (Å²) in [4.78, 5) is 31.1. The number of carbonyl (C=O) groups excluding carboxylic acids is 2. The second kappa shape index (κ2) is 5.99. The summed E-state index contributed by atoms with van der Waals surface area (Å²) in [6, 6.07) is 8.67. The zero-order valence-corrected chi connectivity index (χ0v) is 12.2. The summed E-state index contributed by atoms with van der Waals surface area (Å²) >= 11 is 5.90. The number of rotatable bonds is 4. The number of halogens is 1. The van der Waals surface area contributed by atoms with Gasteiger partial charge in [0.25, 0.3) is 11.7 Å². The van der Waals surface area contributed by atoms with Crippen molar-refractivity contribution in [3.63, 3.8) is 0 Å². The summed E-state index contributed by atoms with van der Waals surface area (Å²) in [5, 5.41) is 3.85. The zero-order chi connectivity index (χ0) is 15.5. The number of fused-ring (bicyclic) bond motifs is 1. The minimum Gasteiger partial charge on any atom is -0.360 e. The van der Waals surface area contributed by atoms with Crippen molar-refractivity contribution in [2.75, 3.05) is 0 Å². The highest BCUT2D eigenvalue weighted by Crippen LogP contribution is 2.22. The lowest BCUT2D eigenvalue weighted by molar-refractivity contribution is -0.117. The lowest BCUT2D eigenvalue weighted by atomic mass is 10.1. The number of nitrogens with one attached hydrogen (secondary N) is 2. The largest absolute Gasteiger partial charge is 0.360 e. The predicted molar refractivity (Wildman–Crippen MR) is 83.7 cm³/mol. The Morgan fingerprint density at radius 3 is 2.73 bits per heavy atom. The Kier molecular flexibility index (Phi) is 3.89. The third kappa shape index (κ3) is 2.84. The number of pyridine rings is 1. The Balaban J connectivity index is 1.76. The van der Waals surface area contributed by atoms with Crippen LogP contribution in [0, 0.1) is 0 Å². The van der Waals surface area contributed by atoms with Gasteiger partial charge in [0.15, 0.2) is 0 Å². The highest BCUT2D eigenvalue weighted by Gasteiger charge is 2.19. The van der Waals surface area contributed by atoms with Crippen LogP contribution in [0.5, 0.6) is 0 Å². The monoisotopic (exact) mass is 313 g/mol. The summed E-state index contributed by atoms with van der Waals surface area (Å²) in [7, 11) is 0. The number of carbonyl (C=O) groups is 2. The zero-order valence-electron chi connectivity index (χ0n) is 11.5. The van der Waals surface area contributed by atoms with E-state index in [9.17, 15) is 9.59 Å². The van der Waals surface area contributed by atoms with Crippen LogP contribution in [0.1, 0.15) is 15.9 Å². The number of Topliss-reactive ketones (excluding diaryl/α,β-unsaturated/α-hetero) is 1. The van der Waals surface area contributed by atoms with Crippen molar-refractivity contribution in [1.29, 1.82) is 0 Å². The van der Waals surface area contributed by atoms with E-state index in [1.807, 2.05) is 0 Å². The molecule has 3 rings (SSSR count). The van der Waals surface area contributed by atoms with E-state index in [1.54, 1.807) is 42.7 Å². The molecule has 0 saturated heterocycles. The van der Waals surface area contributed by atoms with Crippen LogP contribution in [0.15, 0.2) is 48.9 Å². The lowest BCUT2D eigenvalue weighted by Crippen LogP contribution is -2.30. The number of hydrogen-bond donors (Lipinski definition) is 2. The van der Waals surface area contributed by atoms with E-state index in [4.69, 9.17) is 11.6 Å². The average Bonchev–Trinajstić information content (AvgIpc) is 2.95. The van der Waals surface area contributed by atoms with Gasteiger partial charge in [-0.1, -0.05) is 17.7 Å². The van der Waals surface area contributed by atoms with Gasteiger partial charge >= 0.3 is 0 Å². The maximum Gasteiger partial charge on any atom is 0.292 e. The third-order valence-electron chi connectivity index (χ3n) is 3.30. The maximum atomic E-state index is 12.2. The van der Waals surface area contributed by atoms with Crippen LogP contribution in [-0.4, -0.2) is 21.7 Å². The molecule has 0 spiro atoms. The van der Waals surface area contributed by atoms with Crippen LogP contribution in [-0.2, 0) is 11.3 Å². The number of amides is 1. The Morgan fingerprint density at radius 1 is 1.18 bits per heavy atom. The fraction of sp³-hybridized carbons (Fsp3) is 0.0625. The van der Waals surface area contributed by atoms with Crippen molar-refractivity contribution >= 4 is 34.2 Å². The van der Waals surface area contributed by atoms with E-state index in [0.717, 1.165) is 11.1 Å². The highest BCUT2D eigenvalue weighted by atomic mass is 35.5. The predicted octanol–water partition coefficient (Wildman–Crippen LogP) is 2.72. The number of H-pyrrole nitrogens is 1. The van der Waals surface area contributed by atoms with Gasteiger partial charge in [-0.05, 0) is 29.8 Å². The van der Waals surface area contributed by atoms with Crippen molar-refractivity contribution in [2.24, 2.45) is 0 Å². The highest BCUT2D eigenvalue weighted by molar-refractivity contribution is 6.45. The molecule has 0 aliphatic heterocycles. The van der Waals surface area contributed by atoms with E-state index in [1.165, 1.54) is 6.20 Å². The summed E-state index contributed by atoms with van der Waals surface area (Å²) in [5.74, 6) is -1.23. The molecule has 3 aromatic rings. The first-order valence-electron chi connectivity index (χ1n) is 6.63. The first-order valence-corrected chi connectivity index (χ1v) is 7.01. The van der Waals surface area contributed by atoms with E-state index in [-0.39, 0.29) is 6.54 Å². The van der Waals surface area contributed by atoms with Gasteiger partial charge < -0.3 is 10.3 Å². The molecular weight excluding hydrogens is 302 g/mol. The second-order valence-corrected chi connectivity index (χ2v) is 5.20. The molecule has 0 fully saturated rings. The Labute approximate surface area is 131 Å². The number of ketones is 1. The molecule has 0 radical (unpaired) electrons. The molecular formula is C16H12ClN3O2. The number of aromatic amines is 1. The number of nitrogens with zero attached hydrogens (tertiary/aromatic N) is 1. The maximum absolute atomic E-state index is 12.2. The van der Waals surface area contributed by atoms with Crippen molar-refractivity contribution in [2.45, 2.75) is 6.54 Å². The number of hydrogen-bond acceptors (Lipinski definition) is 3. The fourth-order valence-corrected chi connectivity index (χ4v) is 2.34. The Bertz CT molecular complexity index is 843. The van der Waals surface area contributed by atoms with Gasteiger partial charge in [0.2, 0.25) is 0 Å². The quantitative estimate of drug-likeness (QED) is 0.574. The molecule has 1 amide bonds. The molecule has 5 nitrogen and oxygen atoms in total. The summed E-state index contributed by atoms with van der Waals surface area (Å²) in [6.07, 6.45) is 4.79. The molecule has 0 atom stereocenters. The molecule has 6 heteroatoms. The van der Waals surface area contributed by atoms with Gasteiger partial charge in [0.05, 0.1) is 5.56 Å². The minimum absolute atomic E-state index is 0.279. The average molecular weight is 314 g/mol. The molecule has 2 aromatic heterocycles. The molecule has 0 saturated carbocycles. The van der Waals surface area contributed by atoms with Gasteiger partial charge in [-0.2, -0.15) is 0 Å². The van der Waals surface area contributed by atoms with Gasteiger partial charge in [-0.3, -0.25) is 14.6 Å². The summed E-state index contributed by atoms with van der Waals surface area (Å²) in [6.45, 7) is 0.279. The van der Waals surface area contributed by atoms with Crippen LogP contribution in [0.25, 0.3) is 10.9 Å². The van der Waals surface area contributed by atoms with E-state index in [0.29, 0.717) is 16.0 Å². The molecule has 22 heavy (non-hydrogen) atoms. The van der Waals surface area contributed by atoms with Gasteiger partial charge in [-0.25, -0.2) is 0 Å². The van der Waals surface area contributed by atoms with Crippen LogP contribution in [0.4, 0.5) is 0 Å². The summed E-state index contributed by atoms with van der Waals surface area (Å²) < 4.78 is 0. The van der Waals surface area contributed by atoms with E-state index < -0.39 is 11.7 Å². The summed E-state index contributed by atoms with van der Waals surface area (Å²) in [5.41, 5.74) is 1.93. The number of aromatic nitrogens is 2. The van der Waals surface area contributed by atoms with E-state index in [2.05, 4.69) is 15.3 Å². The van der Waals surface area contributed by atoms with Crippen LogP contribution >= 0.6 is 11.6 Å². The lowest BCUT2D eigenvalue weighted by Gasteiger charge is -2.04. The molecule has 0 aliphatic rings. The minimum atomic E-state index is -0.646. The van der Waals surface area contributed by atoms with Crippen molar-refractivity contribution in [3.05, 3.63) is 65.1 Å². The third-order valence-corrected chi connectivity index (χ3v) is 3.53. The molecule has 2 N–H and O–H groups in total. The Hall–Kier alpha value is -2.66. The molecule has 0 bridgehead atoms. The molecule has 2 heterocycles. The van der Waals surface area contributed by atoms with Crippen molar-refractivity contribution < 1.29 is 9.59 Å². The first kappa shape index (κ1) is 14.3. The molecule has 0 unspecified atom stereocenters.